The smallest absolute Gasteiger partial charge is 0.229 e. The highest BCUT2D eigenvalue weighted by Crippen LogP contribution is 2.28. The molecule has 0 fully saturated rings. The van der Waals surface area contributed by atoms with Gasteiger partial charge < -0.3 is 20.1 Å². The molecule has 3 rings (SSSR count). The average molecular weight is 385 g/mol. The van der Waals surface area contributed by atoms with Crippen molar-refractivity contribution in [2.45, 2.75) is 13.5 Å². The van der Waals surface area contributed by atoms with Crippen LogP contribution in [0.15, 0.2) is 48.5 Å². The molecule has 1 heterocycles. The van der Waals surface area contributed by atoms with Gasteiger partial charge >= 0.3 is 0 Å². The fourth-order valence-corrected chi connectivity index (χ4v) is 2.69. The SMILES string of the molecule is COc1ccc(CNc2cc(C)nc(Nc3ccc(Cl)cc3)n2)cc1OC. The minimum absolute atomic E-state index is 0.520. The second-order valence-electron chi connectivity index (χ2n) is 5.89. The van der Waals surface area contributed by atoms with Crippen molar-refractivity contribution in [3.63, 3.8) is 0 Å². The number of benzene rings is 2. The zero-order valence-electron chi connectivity index (χ0n) is 15.4. The maximum atomic E-state index is 5.92. The Labute approximate surface area is 163 Å². The Bertz CT molecular complexity index is 916. The molecule has 0 atom stereocenters. The van der Waals surface area contributed by atoms with Gasteiger partial charge in [0.2, 0.25) is 5.95 Å². The molecule has 3 aromatic rings. The number of aryl methyl sites for hydroxylation is 1. The third-order valence-electron chi connectivity index (χ3n) is 3.88. The van der Waals surface area contributed by atoms with Gasteiger partial charge in [-0.05, 0) is 48.9 Å². The van der Waals surface area contributed by atoms with Gasteiger partial charge in [-0.25, -0.2) is 4.98 Å². The van der Waals surface area contributed by atoms with Gasteiger partial charge in [-0.15, -0.1) is 0 Å². The van der Waals surface area contributed by atoms with Crippen molar-refractivity contribution in [2.75, 3.05) is 24.9 Å². The van der Waals surface area contributed by atoms with E-state index in [4.69, 9.17) is 21.1 Å². The summed E-state index contributed by atoms with van der Waals surface area (Å²) < 4.78 is 10.6. The fourth-order valence-electron chi connectivity index (χ4n) is 2.56. The minimum atomic E-state index is 0.520. The number of ether oxygens (including phenoxy) is 2. The summed E-state index contributed by atoms with van der Waals surface area (Å²) in [4.78, 5) is 8.95. The number of rotatable bonds is 7. The quantitative estimate of drug-likeness (QED) is 0.609. The molecule has 6 nitrogen and oxygen atoms in total. The van der Waals surface area contributed by atoms with E-state index < -0.39 is 0 Å². The Morgan fingerprint density at radius 3 is 2.37 bits per heavy atom. The van der Waals surface area contributed by atoms with Crippen molar-refractivity contribution in [3.05, 3.63) is 64.8 Å². The molecule has 2 N–H and O–H groups in total. The Hall–Kier alpha value is -2.99. The van der Waals surface area contributed by atoms with E-state index in [1.54, 1.807) is 14.2 Å². The molecule has 140 valence electrons. The van der Waals surface area contributed by atoms with E-state index in [9.17, 15) is 0 Å². The first-order chi connectivity index (χ1) is 13.1. The molecule has 7 heteroatoms. The zero-order chi connectivity index (χ0) is 19.2. The molecule has 0 bridgehead atoms. The molecule has 0 unspecified atom stereocenters. The first-order valence-electron chi connectivity index (χ1n) is 8.40. The lowest BCUT2D eigenvalue weighted by Crippen LogP contribution is -2.06. The summed E-state index contributed by atoms with van der Waals surface area (Å²) in [6, 6.07) is 15.1. The number of hydrogen-bond acceptors (Lipinski definition) is 6. The van der Waals surface area contributed by atoms with Crippen LogP contribution in [0.2, 0.25) is 5.02 Å². The number of nitrogens with one attached hydrogen (secondary N) is 2. The highest BCUT2D eigenvalue weighted by Gasteiger charge is 2.06. The molecule has 0 saturated carbocycles. The van der Waals surface area contributed by atoms with E-state index >= 15 is 0 Å². The van der Waals surface area contributed by atoms with Gasteiger partial charge in [0.05, 0.1) is 14.2 Å². The molecular weight excluding hydrogens is 364 g/mol. The van der Waals surface area contributed by atoms with E-state index in [0.717, 1.165) is 22.8 Å². The molecular formula is C20H21ClN4O2. The van der Waals surface area contributed by atoms with Crippen LogP contribution in [0, 0.1) is 6.92 Å². The van der Waals surface area contributed by atoms with Gasteiger partial charge in [-0.1, -0.05) is 17.7 Å². The van der Waals surface area contributed by atoms with Gasteiger partial charge in [0, 0.05) is 29.0 Å². The summed E-state index contributed by atoms with van der Waals surface area (Å²) >= 11 is 5.92. The summed E-state index contributed by atoms with van der Waals surface area (Å²) in [7, 11) is 3.24. The lowest BCUT2D eigenvalue weighted by atomic mass is 10.2. The molecule has 0 aliphatic carbocycles. The van der Waals surface area contributed by atoms with Crippen LogP contribution < -0.4 is 20.1 Å². The second-order valence-corrected chi connectivity index (χ2v) is 6.33. The van der Waals surface area contributed by atoms with E-state index in [1.165, 1.54) is 0 Å². The van der Waals surface area contributed by atoms with E-state index in [-0.39, 0.29) is 0 Å². The van der Waals surface area contributed by atoms with Crippen LogP contribution in [-0.2, 0) is 6.54 Å². The van der Waals surface area contributed by atoms with Gasteiger partial charge in [-0.3, -0.25) is 0 Å². The first-order valence-corrected chi connectivity index (χ1v) is 8.78. The van der Waals surface area contributed by atoms with E-state index in [1.807, 2.05) is 55.5 Å². The number of methoxy groups -OCH3 is 2. The molecule has 0 radical (unpaired) electrons. The molecule has 0 amide bonds. The molecule has 1 aromatic heterocycles. The van der Waals surface area contributed by atoms with Crippen molar-refractivity contribution < 1.29 is 9.47 Å². The third kappa shape index (κ3) is 5.01. The van der Waals surface area contributed by atoms with Crippen LogP contribution in [0.25, 0.3) is 0 Å². The largest absolute Gasteiger partial charge is 0.493 e. The Morgan fingerprint density at radius 1 is 0.926 bits per heavy atom. The zero-order valence-corrected chi connectivity index (χ0v) is 16.2. The fraction of sp³-hybridized carbons (Fsp3) is 0.200. The van der Waals surface area contributed by atoms with Crippen LogP contribution in [0.4, 0.5) is 17.5 Å². The topological polar surface area (TPSA) is 68.3 Å². The Balaban J connectivity index is 1.72. The number of halogens is 1. The van der Waals surface area contributed by atoms with Crippen molar-refractivity contribution in [1.82, 2.24) is 9.97 Å². The van der Waals surface area contributed by atoms with Crippen LogP contribution in [0.1, 0.15) is 11.3 Å². The van der Waals surface area contributed by atoms with E-state index in [0.29, 0.717) is 29.0 Å². The maximum absolute atomic E-state index is 5.92. The van der Waals surface area contributed by atoms with Crippen molar-refractivity contribution >= 4 is 29.1 Å². The highest BCUT2D eigenvalue weighted by molar-refractivity contribution is 6.30. The molecule has 2 aromatic carbocycles. The minimum Gasteiger partial charge on any atom is -0.493 e. The summed E-state index contributed by atoms with van der Waals surface area (Å²) in [5, 5.41) is 7.19. The van der Waals surface area contributed by atoms with Gasteiger partial charge in [0.25, 0.3) is 0 Å². The summed E-state index contributed by atoms with van der Waals surface area (Å²) in [6.45, 7) is 2.52. The monoisotopic (exact) mass is 384 g/mol. The highest BCUT2D eigenvalue weighted by atomic mass is 35.5. The van der Waals surface area contributed by atoms with Gasteiger partial charge in [0.1, 0.15) is 5.82 Å². The Morgan fingerprint density at radius 2 is 1.67 bits per heavy atom. The van der Waals surface area contributed by atoms with Crippen molar-refractivity contribution in [2.24, 2.45) is 0 Å². The number of anilines is 3. The number of nitrogens with zero attached hydrogens (tertiary/aromatic N) is 2. The summed E-state index contributed by atoms with van der Waals surface area (Å²) in [5.41, 5.74) is 2.78. The normalized spacial score (nSPS) is 10.4. The number of hydrogen-bond donors (Lipinski definition) is 2. The van der Waals surface area contributed by atoms with Crippen molar-refractivity contribution in [1.29, 1.82) is 0 Å². The molecule has 0 aliphatic rings. The number of aromatic nitrogens is 2. The van der Waals surface area contributed by atoms with Gasteiger partial charge in [0.15, 0.2) is 11.5 Å². The maximum Gasteiger partial charge on any atom is 0.229 e. The Kier molecular flexibility index (Phi) is 5.98. The predicted molar refractivity (Wildman–Crippen MR) is 108 cm³/mol. The van der Waals surface area contributed by atoms with Crippen LogP contribution >= 0.6 is 11.6 Å². The molecule has 0 spiro atoms. The van der Waals surface area contributed by atoms with Crippen LogP contribution in [0.5, 0.6) is 11.5 Å². The lowest BCUT2D eigenvalue weighted by Gasteiger charge is -2.12. The predicted octanol–water partition coefficient (Wildman–Crippen LogP) is 4.81. The molecule has 0 aliphatic heterocycles. The first kappa shape index (κ1) is 18.8. The average Bonchev–Trinajstić information content (AvgIpc) is 2.67. The van der Waals surface area contributed by atoms with Gasteiger partial charge in [-0.2, -0.15) is 4.98 Å². The summed E-state index contributed by atoms with van der Waals surface area (Å²) in [6.07, 6.45) is 0. The van der Waals surface area contributed by atoms with Crippen molar-refractivity contribution in [3.8, 4) is 11.5 Å². The van der Waals surface area contributed by atoms with Crippen LogP contribution in [-0.4, -0.2) is 24.2 Å². The summed E-state index contributed by atoms with van der Waals surface area (Å²) in [5.74, 6) is 2.65. The molecule has 0 saturated heterocycles. The standard InChI is InChI=1S/C20H21ClN4O2/c1-13-10-19(22-12-14-4-9-17(26-2)18(11-14)27-3)25-20(23-13)24-16-7-5-15(21)6-8-16/h4-11H,12H2,1-3H3,(H2,22,23,24,25). The second kappa shape index (κ2) is 8.60. The van der Waals surface area contributed by atoms with E-state index in [2.05, 4.69) is 20.6 Å². The van der Waals surface area contributed by atoms with Crippen LogP contribution in [0.3, 0.4) is 0 Å². The molecule has 27 heavy (non-hydrogen) atoms. The third-order valence-corrected chi connectivity index (χ3v) is 4.13. The lowest BCUT2D eigenvalue weighted by molar-refractivity contribution is 0.354.